The van der Waals surface area contributed by atoms with E-state index in [1.165, 1.54) is 30.3 Å². The summed E-state index contributed by atoms with van der Waals surface area (Å²) >= 11 is 0. The number of nitrogens with two attached hydrogens (primary N) is 1. The minimum atomic E-state index is -3.78. The highest BCUT2D eigenvalue weighted by Crippen LogP contribution is 2.32. The minimum absolute atomic E-state index is 0.0245. The van der Waals surface area contributed by atoms with Gasteiger partial charge in [-0.25, -0.2) is 26.7 Å². The first kappa shape index (κ1) is 18.6. The summed E-state index contributed by atoms with van der Waals surface area (Å²) in [6.07, 6.45) is 0. The van der Waals surface area contributed by atoms with E-state index in [1.54, 1.807) is 12.1 Å². The van der Waals surface area contributed by atoms with E-state index in [-0.39, 0.29) is 16.3 Å². The summed E-state index contributed by atoms with van der Waals surface area (Å²) in [5.41, 5.74) is 1.33. The molecular weight excluding hydrogens is 378 g/mol. The van der Waals surface area contributed by atoms with Gasteiger partial charge in [0, 0.05) is 13.6 Å². The third-order valence-electron chi connectivity index (χ3n) is 4.05. The number of benzene rings is 2. The van der Waals surface area contributed by atoms with Crippen molar-refractivity contribution < 1.29 is 21.6 Å². The Morgan fingerprint density at radius 2 is 1.73 bits per heavy atom. The van der Waals surface area contributed by atoms with E-state index in [0.29, 0.717) is 24.5 Å². The van der Waals surface area contributed by atoms with E-state index < -0.39 is 20.0 Å². The molecule has 26 heavy (non-hydrogen) atoms. The van der Waals surface area contributed by atoms with Gasteiger partial charge in [0.2, 0.25) is 20.0 Å². The summed E-state index contributed by atoms with van der Waals surface area (Å²) in [6.45, 7) is 1.26. The Kier molecular flexibility index (Phi) is 4.93. The van der Waals surface area contributed by atoms with E-state index in [9.17, 15) is 16.8 Å². The molecule has 3 rings (SSSR count). The van der Waals surface area contributed by atoms with Gasteiger partial charge in [0.1, 0.15) is 12.4 Å². The fourth-order valence-corrected chi connectivity index (χ4v) is 4.11. The van der Waals surface area contributed by atoms with Gasteiger partial charge in [0.15, 0.2) is 0 Å². The normalized spacial score (nSPS) is 14.6. The quantitative estimate of drug-likeness (QED) is 0.764. The Morgan fingerprint density at radius 3 is 2.38 bits per heavy atom. The lowest BCUT2D eigenvalue weighted by Crippen LogP contribution is -2.29. The molecule has 8 nitrogen and oxygen atoms in total. The Balaban J connectivity index is 1.76. The molecule has 0 unspecified atom stereocenters. The van der Waals surface area contributed by atoms with Crippen molar-refractivity contribution in [3.05, 3.63) is 48.0 Å². The van der Waals surface area contributed by atoms with Crippen LogP contribution in [-0.2, 0) is 26.6 Å². The Morgan fingerprint density at radius 1 is 1.08 bits per heavy atom. The Hall–Kier alpha value is -2.14. The van der Waals surface area contributed by atoms with Crippen LogP contribution in [0, 0.1) is 0 Å². The van der Waals surface area contributed by atoms with Gasteiger partial charge < -0.3 is 9.64 Å². The molecular formula is C16H19N3O5S2. The lowest BCUT2D eigenvalue weighted by Gasteiger charge is -2.28. The molecule has 0 aromatic heterocycles. The van der Waals surface area contributed by atoms with Crippen LogP contribution in [0.4, 0.5) is 5.69 Å². The zero-order chi connectivity index (χ0) is 18.9. The molecule has 2 aromatic rings. The predicted molar refractivity (Wildman–Crippen MR) is 97.0 cm³/mol. The highest BCUT2D eigenvalue weighted by molar-refractivity contribution is 7.89. The molecule has 1 heterocycles. The van der Waals surface area contributed by atoms with Gasteiger partial charge in [-0.05, 0) is 35.9 Å². The number of likely N-dealkylation sites (N-methyl/N-ethyl adjacent to an activating group) is 1. The molecule has 0 amide bonds. The van der Waals surface area contributed by atoms with Gasteiger partial charge in [0.25, 0.3) is 0 Å². The minimum Gasteiger partial charge on any atom is -0.490 e. The molecule has 2 aromatic carbocycles. The van der Waals surface area contributed by atoms with E-state index >= 15 is 0 Å². The van der Waals surface area contributed by atoms with Gasteiger partial charge in [-0.3, -0.25) is 0 Å². The fourth-order valence-electron chi connectivity index (χ4n) is 2.56. The van der Waals surface area contributed by atoms with Crippen molar-refractivity contribution in [2.45, 2.75) is 16.3 Å². The topological polar surface area (TPSA) is 119 Å². The highest BCUT2D eigenvalue weighted by Gasteiger charge is 2.20. The molecule has 0 bridgehead atoms. The summed E-state index contributed by atoms with van der Waals surface area (Å²) in [5.74, 6) is 0.649. The zero-order valence-electron chi connectivity index (χ0n) is 14.0. The molecule has 1 aliphatic heterocycles. The summed E-state index contributed by atoms with van der Waals surface area (Å²) in [7, 11) is -5.63. The third kappa shape index (κ3) is 3.98. The summed E-state index contributed by atoms with van der Waals surface area (Å²) in [5, 5.41) is 5.04. The molecule has 0 atom stereocenters. The Bertz CT molecular complexity index is 1020. The zero-order valence-corrected chi connectivity index (χ0v) is 15.7. The van der Waals surface area contributed by atoms with E-state index in [0.717, 1.165) is 5.69 Å². The largest absolute Gasteiger partial charge is 0.490 e. The molecule has 0 saturated carbocycles. The lowest BCUT2D eigenvalue weighted by atomic mass is 10.2. The molecule has 3 N–H and O–H groups in total. The maximum absolute atomic E-state index is 12.5. The molecule has 0 saturated heterocycles. The smallest absolute Gasteiger partial charge is 0.240 e. The van der Waals surface area contributed by atoms with E-state index in [4.69, 9.17) is 9.88 Å². The van der Waals surface area contributed by atoms with Crippen LogP contribution < -0.4 is 19.5 Å². The molecule has 0 fully saturated rings. The van der Waals surface area contributed by atoms with Gasteiger partial charge in [0.05, 0.1) is 22.0 Å². The number of nitrogens with zero attached hydrogens (tertiary/aromatic N) is 1. The van der Waals surface area contributed by atoms with Crippen LogP contribution in [0.2, 0.25) is 0 Å². The first-order valence-electron chi connectivity index (χ1n) is 7.76. The first-order valence-corrected chi connectivity index (χ1v) is 10.8. The number of primary sulfonamides is 1. The SMILES string of the molecule is CN1CCOc2ccc(S(=O)(=O)NCc3ccc(S(N)(=O)=O)cc3)cc21. The molecule has 0 radical (unpaired) electrons. The van der Waals surface area contributed by atoms with Crippen LogP contribution in [0.15, 0.2) is 52.3 Å². The second kappa shape index (κ2) is 6.88. The summed E-state index contributed by atoms with van der Waals surface area (Å²) < 4.78 is 55.6. The van der Waals surface area contributed by atoms with Crippen LogP contribution >= 0.6 is 0 Å². The average Bonchev–Trinajstić information content (AvgIpc) is 2.60. The van der Waals surface area contributed by atoms with Gasteiger partial charge in [-0.15, -0.1) is 0 Å². The van der Waals surface area contributed by atoms with Crippen LogP contribution in [0.1, 0.15) is 5.56 Å². The van der Waals surface area contributed by atoms with Crippen molar-refractivity contribution in [1.82, 2.24) is 4.72 Å². The number of ether oxygens (including phenoxy) is 1. The van der Waals surface area contributed by atoms with Crippen LogP contribution in [0.5, 0.6) is 5.75 Å². The summed E-state index contributed by atoms with van der Waals surface area (Å²) in [6, 6.07) is 10.4. The van der Waals surface area contributed by atoms with Crippen molar-refractivity contribution >= 4 is 25.7 Å². The second-order valence-electron chi connectivity index (χ2n) is 5.91. The molecule has 10 heteroatoms. The number of sulfonamides is 2. The van der Waals surface area contributed by atoms with Crippen molar-refractivity contribution in [3.63, 3.8) is 0 Å². The third-order valence-corrected chi connectivity index (χ3v) is 6.38. The number of fused-ring (bicyclic) bond motifs is 1. The fraction of sp³-hybridized carbons (Fsp3) is 0.250. The number of hydrogen-bond acceptors (Lipinski definition) is 6. The van der Waals surface area contributed by atoms with Crippen LogP contribution in [-0.4, -0.2) is 37.0 Å². The van der Waals surface area contributed by atoms with Crippen molar-refractivity contribution in [3.8, 4) is 5.75 Å². The van der Waals surface area contributed by atoms with Gasteiger partial charge >= 0.3 is 0 Å². The number of hydrogen-bond donors (Lipinski definition) is 2. The molecule has 0 spiro atoms. The van der Waals surface area contributed by atoms with Crippen molar-refractivity contribution in [1.29, 1.82) is 0 Å². The van der Waals surface area contributed by atoms with Crippen LogP contribution in [0.3, 0.4) is 0 Å². The van der Waals surface area contributed by atoms with Crippen LogP contribution in [0.25, 0.3) is 0 Å². The summed E-state index contributed by atoms with van der Waals surface area (Å²) in [4.78, 5) is 2.04. The Labute approximate surface area is 152 Å². The molecule has 0 aliphatic carbocycles. The van der Waals surface area contributed by atoms with E-state index in [1.807, 2.05) is 11.9 Å². The van der Waals surface area contributed by atoms with Gasteiger partial charge in [-0.1, -0.05) is 12.1 Å². The predicted octanol–water partition coefficient (Wildman–Crippen LogP) is 0.641. The maximum Gasteiger partial charge on any atom is 0.240 e. The molecule has 1 aliphatic rings. The number of nitrogens with one attached hydrogen (secondary N) is 1. The monoisotopic (exact) mass is 397 g/mol. The maximum atomic E-state index is 12.5. The lowest BCUT2D eigenvalue weighted by molar-refractivity contribution is 0.311. The number of anilines is 1. The first-order chi connectivity index (χ1) is 12.2. The average molecular weight is 397 g/mol. The standard InChI is InChI=1S/C16H19N3O5S2/c1-19-8-9-24-16-7-6-14(10-15(16)19)26(22,23)18-11-12-2-4-13(5-3-12)25(17,20)21/h2-7,10,18H,8-9,11H2,1H3,(H2,17,20,21). The van der Waals surface area contributed by atoms with Crippen molar-refractivity contribution in [2.24, 2.45) is 5.14 Å². The van der Waals surface area contributed by atoms with Gasteiger partial charge in [-0.2, -0.15) is 0 Å². The highest BCUT2D eigenvalue weighted by atomic mass is 32.2. The second-order valence-corrected chi connectivity index (χ2v) is 9.24. The number of rotatable bonds is 5. The van der Waals surface area contributed by atoms with E-state index in [2.05, 4.69) is 4.72 Å². The molecule has 140 valence electrons. The van der Waals surface area contributed by atoms with Crippen molar-refractivity contribution in [2.75, 3.05) is 25.1 Å².